The molecular weight excluding hydrogens is 140 g/mol. The molecule has 0 aromatic heterocycles. The fourth-order valence-corrected chi connectivity index (χ4v) is 0. The highest BCUT2D eigenvalue weighted by Crippen LogP contribution is 1.71. The fraction of sp³-hybridized carbons (Fsp3) is 0.778. The summed E-state index contributed by atoms with van der Waals surface area (Å²) >= 11 is 0. The van der Waals surface area contributed by atoms with Crippen LogP contribution in [0.3, 0.4) is 0 Å². The summed E-state index contributed by atoms with van der Waals surface area (Å²) in [6, 6.07) is 0. The van der Waals surface area contributed by atoms with Gasteiger partial charge in [-0.2, -0.15) is 0 Å². The maximum atomic E-state index is 9.81. The van der Waals surface area contributed by atoms with E-state index in [9.17, 15) is 9.59 Å². The van der Waals surface area contributed by atoms with Gasteiger partial charge in [-0.05, 0) is 20.8 Å². The molecule has 68 valence electrons. The molecule has 2 nitrogen and oxygen atoms in total. The number of carbonyl (C=O) groups is 2. The van der Waals surface area contributed by atoms with Crippen LogP contribution in [0.1, 0.15) is 48.0 Å². The molecule has 0 aliphatic carbocycles. The Bertz CT molecular complexity index is 91.7. The number of hydrogen-bond donors (Lipinski definition) is 0. The van der Waals surface area contributed by atoms with E-state index < -0.39 is 0 Å². The van der Waals surface area contributed by atoms with E-state index in [1.165, 1.54) is 13.8 Å². The van der Waals surface area contributed by atoms with Gasteiger partial charge in [0, 0.05) is 6.42 Å². The number of ketones is 2. The van der Waals surface area contributed by atoms with E-state index in [4.69, 9.17) is 0 Å². The van der Waals surface area contributed by atoms with Crippen LogP contribution < -0.4 is 0 Å². The Morgan fingerprint density at radius 1 is 1.00 bits per heavy atom. The first-order valence-electron chi connectivity index (χ1n) is 3.97. The summed E-state index contributed by atoms with van der Waals surface area (Å²) in [5.41, 5.74) is 0. The van der Waals surface area contributed by atoms with Crippen molar-refractivity contribution in [1.82, 2.24) is 0 Å². The van der Waals surface area contributed by atoms with Crippen LogP contribution in [0.5, 0.6) is 0 Å². The van der Waals surface area contributed by atoms with Crippen LogP contribution in [0, 0.1) is 0 Å². The normalized spacial score (nSPS) is 6.36. The van der Waals surface area contributed by atoms with Gasteiger partial charge < -0.3 is 9.59 Å². The fourth-order valence-electron chi connectivity index (χ4n) is 0. The summed E-state index contributed by atoms with van der Waals surface area (Å²) in [5, 5.41) is 0. The van der Waals surface area contributed by atoms with E-state index in [2.05, 4.69) is 0 Å². The van der Waals surface area contributed by atoms with Crippen LogP contribution in [-0.4, -0.2) is 11.6 Å². The molecule has 0 aliphatic heterocycles. The van der Waals surface area contributed by atoms with Crippen molar-refractivity contribution < 1.29 is 9.59 Å². The van der Waals surface area contributed by atoms with Crippen molar-refractivity contribution in [2.24, 2.45) is 0 Å². The third-order valence-electron chi connectivity index (χ3n) is 0.498. The molecule has 0 spiro atoms. The summed E-state index contributed by atoms with van der Waals surface area (Å²) in [5.74, 6) is 0.421. The number of hydrogen-bond acceptors (Lipinski definition) is 2. The molecule has 0 aromatic carbocycles. The minimum atomic E-state index is 0.167. The molecule has 0 amide bonds. The smallest absolute Gasteiger partial charge is 0.129 e. The minimum absolute atomic E-state index is 0.167. The first-order chi connectivity index (χ1) is 5.00. The Balaban J connectivity index is -0.0000000965. The lowest BCUT2D eigenvalue weighted by molar-refractivity contribution is -0.117. The van der Waals surface area contributed by atoms with Gasteiger partial charge in [-0.3, -0.25) is 0 Å². The summed E-state index contributed by atoms with van der Waals surface area (Å²) in [6.07, 6.45) is 0.667. The number of Topliss-reactive ketones (excluding diaryl/α,β-unsaturated/α-hetero) is 2. The topological polar surface area (TPSA) is 34.1 Å². The third kappa shape index (κ3) is 280. The van der Waals surface area contributed by atoms with Crippen molar-refractivity contribution in [3.05, 3.63) is 0 Å². The quantitative estimate of drug-likeness (QED) is 0.591. The van der Waals surface area contributed by atoms with E-state index in [1.54, 1.807) is 6.92 Å². The lowest BCUT2D eigenvalue weighted by Crippen LogP contribution is -1.80. The zero-order chi connectivity index (χ0) is 9.86. The summed E-state index contributed by atoms with van der Waals surface area (Å²) in [6.45, 7) is 10.5. The van der Waals surface area contributed by atoms with Crippen molar-refractivity contribution in [3.8, 4) is 0 Å². The molecule has 2 heteroatoms. The van der Waals surface area contributed by atoms with Gasteiger partial charge in [-0.1, -0.05) is 20.8 Å². The standard InChI is InChI=1S/C4H8O.C3H6O.C2H6/c1-3-4(2)5;1-3(2)4;1-2/h3H2,1-2H3;1-2H3;1-2H3. The maximum Gasteiger partial charge on any atom is 0.129 e. The maximum absolute atomic E-state index is 9.81. The highest BCUT2D eigenvalue weighted by molar-refractivity contribution is 5.74. The molecule has 0 aromatic rings. The highest BCUT2D eigenvalue weighted by atomic mass is 16.1. The molecule has 0 fully saturated rings. The third-order valence-corrected chi connectivity index (χ3v) is 0.498. The average molecular weight is 160 g/mol. The number of carbonyl (C=O) groups excluding carboxylic acids is 2. The van der Waals surface area contributed by atoms with Crippen molar-refractivity contribution in [2.45, 2.75) is 48.0 Å². The van der Waals surface area contributed by atoms with E-state index in [0.29, 0.717) is 6.42 Å². The van der Waals surface area contributed by atoms with Crippen LogP contribution in [0.25, 0.3) is 0 Å². The van der Waals surface area contributed by atoms with Gasteiger partial charge in [0.05, 0.1) is 0 Å². The zero-order valence-corrected chi connectivity index (χ0v) is 8.52. The predicted molar refractivity (Wildman–Crippen MR) is 48.7 cm³/mol. The summed E-state index contributed by atoms with van der Waals surface area (Å²) < 4.78 is 0. The van der Waals surface area contributed by atoms with E-state index in [0.717, 1.165) is 0 Å². The van der Waals surface area contributed by atoms with Gasteiger partial charge in [0.25, 0.3) is 0 Å². The predicted octanol–water partition coefficient (Wildman–Crippen LogP) is 2.61. The molecule has 0 unspecified atom stereocenters. The molecule has 0 radical (unpaired) electrons. The van der Waals surface area contributed by atoms with Crippen LogP contribution >= 0.6 is 0 Å². The van der Waals surface area contributed by atoms with E-state index >= 15 is 0 Å². The Labute approximate surface area is 70.0 Å². The molecule has 0 heterocycles. The van der Waals surface area contributed by atoms with Crippen molar-refractivity contribution >= 4 is 11.6 Å². The van der Waals surface area contributed by atoms with Gasteiger partial charge >= 0.3 is 0 Å². The van der Waals surface area contributed by atoms with E-state index in [-0.39, 0.29) is 11.6 Å². The first-order valence-corrected chi connectivity index (χ1v) is 3.97. The van der Waals surface area contributed by atoms with Gasteiger partial charge in [0.15, 0.2) is 0 Å². The molecule has 0 bridgehead atoms. The van der Waals surface area contributed by atoms with Gasteiger partial charge in [0.2, 0.25) is 0 Å². The Morgan fingerprint density at radius 2 is 1.09 bits per heavy atom. The van der Waals surface area contributed by atoms with Crippen molar-refractivity contribution in [1.29, 1.82) is 0 Å². The van der Waals surface area contributed by atoms with Crippen LogP contribution in [0.4, 0.5) is 0 Å². The van der Waals surface area contributed by atoms with Crippen LogP contribution in [-0.2, 0) is 9.59 Å². The lowest BCUT2D eigenvalue weighted by Gasteiger charge is -1.71. The average Bonchev–Trinajstić information content (AvgIpc) is 1.91. The Hall–Kier alpha value is -0.660. The lowest BCUT2D eigenvalue weighted by atomic mass is 10.4. The van der Waals surface area contributed by atoms with Gasteiger partial charge in [-0.15, -0.1) is 0 Å². The Morgan fingerprint density at radius 3 is 1.09 bits per heavy atom. The molecule has 11 heavy (non-hydrogen) atoms. The second-order valence-corrected chi connectivity index (χ2v) is 1.96. The second-order valence-electron chi connectivity index (χ2n) is 1.96. The molecule has 0 atom stereocenters. The molecule has 0 saturated heterocycles. The van der Waals surface area contributed by atoms with Crippen LogP contribution in [0.2, 0.25) is 0 Å². The van der Waals surface area contributed by atoms with Gasteiger partial charge in [0.1, 0.15) is 11.6 Å². The highest BCUT2D eigenvalue weighted by Gasteiger charge is 1.76. The summed E-state index contributed by atoms with van der Waals surface area (Å²) in [4.78, 5) is 19.3. The van der Waals surface area contributed by atoms with Crippen molar-refractivity contribution in [3.63, 3.8) is 0 Å². The molecular formula is C9H20O2. The summed E-state index contributed by atoms with van der Waals surface area (Å²) in [7, 11) is 0. The van der Waals surface area contributed by atoms with Gasteiger partial charge in [-0.25, -0.2) is 0 Å². The molecule has 0 saturated carbocycles. The Kier molecular flexibility index (Phi) is 24.6. The SMILES string of the molecule is CC.CC(C)=O.CCC(C)=O. The van der Waals surface area contributed by atoms with Crippen molar-refractivity contribution in [2.75, 3.05) is 0 Å². The zero-order valence-electron chi connectivity index (χ0n) is 8.52. The van der Waals surface area contributed by atoms with E-state index in [1.807, 2.05) is 20.8 Å². The van der Waals surface area contributed by atoms with Crippen LogP contribution in [0.15, 0.2) is 0 Å². The number of rotatable bonds is 1. The first kappa shape index (κ1) is 16.7. The largest absolute Gasteiger partial charge is 0.300 e. The molecule has 0 rings (SSSR count). The minimum Gasteiger partial charge on any atom is -0.300 e. The molecule has 0 aliphatic rings. The second kappa shape index (κ2) is 16.2. The monoisotopic (exact) mass is 160 g/mol. The molecule has 0 N–H and O–H groups in total.